The van der Waals surface area contributed by atoms with Gasteiger partial charge in [0.2, 0.25) is 0 Å². The second-order valence-electron chi connectivity index (χ2n) is 7.56. The van der Waals surface area contributed by atoms with Crippen LogP contribution >= 0.6 is 11.6 Å². The predicted octanol–water partition coefficient (Wildman–Crippen LogP) is 6.21. The average molecular weight is 371 g/mol. The van der Waals surface area contributed by atoms with Crippen LogP contribution in [0.25, 0.3) is 0 Å². The van der Waals surface area contributed by atoms with Gasteiger partial charge in [0.1, 0.15) is 5.75 Å². The molecule has 1 aliphatic rings. The molecule has 0 unspecified atom stereocenters. The van der Waals surface area contributed by atoms with Crippen LogP contribution in [-0.4, -0.2) is 25.4 Å². The Hall–Kier alpha value is -2.00. The minimum Gasteiger partial charge on any atom is -0.495 e. The SMILES string of the molecule is CCN1c2ccc(C=Nc3ccc(OC)c(Cl)c3)cc2[C@@H](C)CC1(C)C. The van der Waals surface area contributed by atoms with Crippen LogP contribution in [0.4, 0.5) is 11.4 Å². The zero-order valence-corrected chi connectivity index (χ0v) is 17.0. The van der Waals surface area contributed by atoms with Gasteiger partial charge in [-0.05, 0) is 74.6 Å². The minimum atomic E-state index is 0.191. The van der Waals surface area contributed by atoms with E-state index in [1.54, 1.807) is 7.11 Å². The summed E-state index contributed by atoms with van der Waals surface area (Å²) in [6.07, 6.45) is 3.06. The topological polar surface area (TPSA) is 24.8 Å². The lowest BCUT2D eigenvalue weighted by atomic mass is 9.79. The molecule has 0 spiro atoms. The molecule has 0 aromatic heterocycles. The first-order valence-corrected chi connectivity index (χ1v) is 9.52. The molecule has 0 bridgehead atoms. The Labute approximate surface area is 161 Å². The van der Waals surface area contributed by atoms with Gasteiger partial charge >= 0.3 is 0 Å². The van der Waals surface area contributed by atoms with Crippen LogP contribution < -0.4 is 9.64 Å². The Bertz CT molecular complexity index is 829. The van der Waals surface area contributed by atoms with Crippen LogP contribution in [0.1, 0.15) is 51.2 Å². The molecule has 0 amide bonds. The van der Waals surface area contributed by atoms with Gasteiger partial charge in [0, 0.05) is 24.0 Å². The molecule has 2 aromatic rings. The van der Waals surface area contributed by atoms with Crippen LogP contribution in [0.3, 0.4) is 0 Å². The first-order valence-electron chi connectivity index (χ1n) is 9.15. The molecular weight excluding hydrogens is 344 g/mol. The highest BCUT2D eigenvalue weighted by molar-refractivity contribution is 6.32. The molecule has 3 rings (SSSR count). The summed E-state index contributed by atoms with van der Waals surface area (Å²) in [5.74, 6) is 1.20. The van der Waals surface area contributed by atoms with E-state index in [4.69, 9.17) is 16.3 Å². The first kappa shape index (κ1) is 18.8. The van der Waals surface area contributed by atoms with Crippen molar-refractivity contribution in [3.63, 3.8) is 0 Å². The maximum atomic E-state index is 6.18. The molecule has 26 heavy (non-hydrogen) atoms. The largest absolute Gasteiger partial charge is 0.495 e. The van der Waals surface area contributed by atoms with Gasteiger partial charge in [0.25, 0.3) is 0 Å². The molecule has 4 heteroatoms. The van der Waals surface area contributed by atoms with E-state index in [0.717, 1.165) is 24.2 Å². The number of rotatable bonds is 4. The lowest BCUT2D eigenvalue weighted by Gasteiger charge is -2.47. The molecule has 0 radical (unpaired) electrons. The summed E-state index contributed by atoms with van der Waals surface area (Å²) in [5, 5.41) is 0.571. The van der Waals surface area contributed by atoms with Crippen LogP contribution in [0.15, 0.2) is 41.4 Å². The number of benzene rings is 2. The van der Waals surface area contributed by atoms with Crippen LogP contribution in [0, 0.1) is 0 Å². The van der Waals surface area contributed by atoms with E-state index in [9.17, 15) is 0 Å². The van der Waals surface area contributed by atoms with Crippen molar-refractivity contribution in [2.24, 2.45) is 4.99 Å². The lowest BCUT2D eigenvalue weighted by molar-refractivity contribution is 0.381. The highest BCUT2D eigenvalue weighted by Gasteiger charge is 2.35. The van der Waals surface area contributed by atoms with Gasteiger partial charge in [-0.3, -0.25) is 4.99 Å². The second kappa shape index (κ2) is 7.32. The summed E-state index contributed by atoms with van der Waals surface area (Å²) in [4.78, 5) is 7.08. The summed E-state index contributed by atoms with van der Waals surface area (Å²) in [5.41, 5.74) is 4.87. The van der Waals surface area contributed by atoms with Gasteiger partial charge in [-0.1, -0.05) is 24.6 Å². The number of fused-ring (bicyclic) bond motifs is 1. The first-order chi connectivity index (χ1) is 12.4. The number of anilines is 1. The molecule has 138 valence electrons. The van der Waals surface area contributed by atoms with Gasteiger partial charge in [0.05, 0.1) is 17.8 Å². The van der Waals surface area contributed by atoms with Crippen molar-refractivity contribution < 1.29 is 4.74 Å². The Balaban J connectivity index is 1.89. The number of hydrogen-bond acceptors (Lipinski definition) is 3. The standard InChI is InChI=1S/C22H27ClN2O/c1-6-25-20-9-7-16(11-18(20)15(2)13-22(25,3)4)14-24-17-8-10-21(26-5)19(23)12-17/h7-12,14-15H,6,13H2,1-5H3/t15-/m0/s1. The zero-order chi connectivity index (χ0) is 18.9. The third kappa shape index (κ3) is 3.59. The molecular formula is C22H27ClN2O. The van der Waals surface area contributed by atoms with Crippen molar-refractivity contribution in [2.45, 2.75) is 45.6 Å². The quantitative estimate of drug-likeness (QED) is 0.597. The molecule has 1 heterocycles. The smallest absolute Gasteiger partial charge is 0.137 e. The van der Waals surface area contributed by atoms with Gasteiger partial charge < -0.3 is 9.64 Å². The number of nitrogens with zero attached hydrogens (tertiary/aromatic N) is 2. The van der Waals surface area contributed by atoms with Crippen molar-refractivity contribution in [1.29, 1.82) is 0 Å². The van der Waals surface area contributed by atoms with E-state index in [0.29, 0.717) is 16.7 Å². The molecule has 0 saturated heterocycles. The average Bonchev–Trinajstić information content (AvgIpc) is 2.60. The van der Waals surface area contributed by atoms with Crippen molar-refractivity contribution in [2.75, 3.05) is 18.6 Å². The maximum Gasteiger partial charge on any atom is 0.137 e. The van der Waals surface area contributed by atoms with Gasteiger partial charge in [-0.15, -0.1) is 0 Å². The van der Waals surface area contributed by atoms with Crippen molar-refractivity contribution in [1.82, 2.24) is 0 Å². The lowest BCUT2D eigenvalue weighted by Crippen LogP contribution is -2.48. The van der Waals surface area contributed by atoms with E-state index in [1.165, 1.54) is 11.3 Å². The number of methoxy groups -OCH3 is 1. The summed E-state index contributed by atoms with van der Waals surface area (Å²) in [7, 11) is 1.61. The summed E-state index contributed by atoms with van der Waals surface area (Å²) in [6, 6.07) is 12.2. The molecule has 0 saturated carbocycles. The fourth-order valence-electron chi connectivity index (χ4n) is 4.07. The fourth-order valence-corrected chi connectivity index (χ4v) is 4.32. The van der Waals surface area contributed by atoms with Gasteiger partial charge in [-0.2, -0.15) is 0 Å². The highest BCUT2D eigenvalue weighted by atomic mass is 35.5. The molecule has 1 aliphatic heterocycles. The van der Waals surface area contributed by atoms with Crippen molar-refractivity contribution in [3.8, 4) is 5.75 Å². The number of ether oxygens (including phenoxy) is 1. The van der Waals surface area contributed by atoms with Gasteiger partial charge in [-0.25, -0.2) is 0 Å². The monoisotopic (exact) mass is 370 g/mol. The summed E-state index contributed by atoms with van der Waals surface area (Å²) >= 11 is 6.18. The van der Waals surface area contributed by atoms with Crippen LogP contribution in [0.5, 0.6) is 5.75 Å². The molecule has 2 aromatic carbocycles. The van der Waals surface area contributed by atoms with E-state index >= 15 is 0 Å². The molecule has 0 N–H and O–H groups in total. The normalized spacial score (nSPS) is 18.8. The second-order valence-corrected chi connectivity index (χ2v) is 7.96. The summed E-state index contributed by atoms with van der Waals surface area (Å²) in [6.45, 7) is 10.2. The Morgan fingerprint density at radius 1 is 1.27 bits per heavy atom. The van der Waals surface area contributed by atoms with E-state index in [2.05, 4.69) is 55.8 Å². The molecule has 3 nitrogen and oxygen atoms in total. The zero-order valence-electron chi connectivity index (χ0n) is 16.2. The van der Waals surface area contributed by atoms with Gasteiger partial charge in [0.15, 0.2) is 0 Å². The van der Waals surface area contributed by atoms with Crippen LogP contribution in [-0.2, 0) is 0 Å². The maximum absolute atomic E-state index is 6.18. The van der Waals surface area contributed by atoms with Crippen LogP contribution in [0.2, 0.25) is 5.02 Å². The Morgan fingerprint density at radius 2 is 2.04 bits per heavy atom. The minimum absolute atomic E-state index is 0.191. The number of aliphatic imine (C=N–C) groups is 1. The van der Waals surface area contributed by atoms with E-state index < -0.39 is 0 Å². The fraction of sp³-hybridized carbons (Fsp3) is 0.409. The Kier molecular flexibility index (Phi) is 5.29. The molecule has 0 fully saturated rings. The number of halogens is 1. The van der Waals surface area contributed by atoms with E-state index in [-0.39, 0.29) is 5.54 Å². The van der Waals surface area contributed by atoms with E-state index in [1.807, 2.05) is 24.4 Å². The third-order valence-electron chi connectivity index (χ3n) is 5.22. The third-order valence-corrected chi connectivity index (χ3v) is 5.52. The predicted molar refractivity (Wildman–Crippen MR) is 112 cm³/mol. The number of hydrogen-bond donors (Lipinski definition) is 0. The molecule has 1 atom stereocenters. The summed E-state index contributed by atoms with van der Waals surface area (Å²) < 4.78 is 5.19. The molecule has 0 aliphatic carbocycles. The van der Waals surface area contributed by atoms with Crippen molar-refractivity contribution >= 4 is 29.2 Å². The highest BCUT2D eigenvalue weighted by Crippen LogP contribution is 2.43. The Morgan fingerprint density at radius 3 is 2.69 bits per heavy atom. The van der Waals surface area contributed by atoms with Crippen molar-refractivity contribution in [3.05, 3.63) is 52.5 Å².